The van der Waals surface area contributed by atoms with Crippen LogP contribution in [0.1, 0.15) is 51.9 Å². The molecule has 0 saturated carbocycles. The van der Waals surface area contributed by atoms with E-state index in [0.717, 1.165) is 44.8 Å². The lowest BCUT2D eigenvalue weighted by Crippen LogP contribution is -2.06. The van der Waals surface area contributed by atoms with Crippen molar-refractivity contribution in [1.29, 1.82) is 0 Å². The maximum Gasteiger partial charge on any atom is 0.320 e. The summed E-state index contributed by atoms with van der Waals surface area (Å²) in [4.78, 5) is 13.0. The van der Waals surface area contributed by atoms with Crippen LogP contribution in [0.3, 0.4) is 0 Å². The Balaban J connectivity index is 1.93. The summed E-state index contributed by atoms with van der Waals surface area (Å²) in [6.45, 7) is 3.52. The number of methoxy groups -OCH3 is 1. The number of anilines is 1. The molecule has 0 spiro atoms. The van der Waals surface area contributed by atoms with E-state index in [2.05, 4.69) is 21.9 Å². The number of nitrogens with two attached hydrogens (primary N) is 1. The highest BCUT2D eigenvalue weighted by molar-refractivity contribution is 7.85. The van der Waals surface area contributed by atoms with Crippen molar-refractivity contribution in [2.45, 2.75) is 58.4 Å². The van der Waals surface area contributed by atoms with Crippen molar-refractivity contribution in [3.05, 3.63) is 0 Å². The van der Waals surface area contributed by atoms with E-state index in [1.807, 2.05) is 4.57 Å². The second kappa shape index (κ2) is 11.1. The van der Waals surface area contributed by atoms with Crippen LogP contribution in [-0.4, -0.2) is 54.5 Å². The molecule has 0 fully saturated rings. The fraction of sp³-hybridized carbons (Fsp3) is 0.722. The molecular weight excluding hydrogens is 398 g/mol. The van der Waals surface area contributed by atoms with Crippen LogP contribution in [0.15, 0.2) is 0 Å². The van der Waals surface area contributed by atoms with Gasteiger partial charge in [-0.1, -0.05) is 32.6 Å². The molecule has 164 valence electrons. The van der Waals surface area contributed by atoms with Gasteiger partial charge in [0.15, 0.2) is 17.0 Å². The molecule has 29 heavy (non-hydrogen) atoms. The molecule has 0 bridgehead atoms. The van der Waals surface area contributed by atoms with Gasteiger partial charge in [0.05, 0.1) is 26.6 Å². The largest absolute Gasteiger partial charge is 0.468 e. The van der Waals surface area contributed by atoms with Gasteiger partial charge in [-0.15, -0.1) is 0 Å². The van der Waals surface area contributed by atoms with Crippen LogP contribution in [0.5, 0.6) is 12.0 Å². The zero-order chi connectivity index (χ0) is 21.3. The van der Waals surface area contributed by atoms with Crippen LogP contribution >= 0.6 is 0 Å². The van der Waals surface area contributed by atoms with Crippen LogP contribution in [0.2, 0.25) is 0 Å². The van der Waals surface area contributed by atoms with Crippen LogP contribution in [0, 0.1) is 0 Å². The minimum Gasteiger partial charge on any atom is -0.468 e. The molecule has 2 rings (SSSR count). The summed E-state index contributed by atoms with van der Waals surface area (Å²) < 4.78 is 39.4. The summed E-state index contributed by atoms with van der Waals surface area (Å²) in [6, 6.07) is 0.686. The topological polar surface area (TPSA) is 131 Å². The summed E-state index contributed by atoms with van der Waals surface area (Å²) in [5.41, 5.74) is 7.14. The molecule has 0 aromatic carbocycles. The molecule has 2 aromatic heterocycles. The molecule has 2 aromatic rings. The number of unbranched alkanes of at least 4 members (excludes halogenated alkanes) is 5. The van der Waals surface area contributed by atoms with Gasteiger partial charge in [0.2, 0.25) is 0 Å². The van der Waals surface area contributed by atoms with Crippen molar-refractivity contribution in [3.8, 4) is 12.0 Å². The van der Waals surface area contributed by atoms with Crippen LogP contribution < -0.4 is 15.2 Å². The Kier molecular flexibility index (Phi) is 8.90. The fourth-order valence-corrected chi connectivity index (χ4v) is 3.24. The number of hydrogen-bond donors (Lipinski definition) is 1. The maximum atomic E-state index is 10.9. The third-order valence-electron chi connectivity index (χ3n) is 4.30. The zero-order valence-electron chi connectivity index (χ0n) is 17.4. The Bertz CT molecular complexity index is 884. The zero-order valence-corrected chi connectivity index (χ0v) is 18.2. The van der Waals surface area contributed by atoms with Crippen molar-refractivity contribution in [2.24, 2.45) is 0 Å². The number of aryl methyl sites for hydroxylation is 1. The van der Waals surface area contributed by atoms with E-state index < -0.39 is 10.1 Å². The van der Waals surface area contributed by atoms with Crippen molar-refractivity contribution in [2.75, 3.05) is 32.3 Å². The summed E-state index contributed by atoms with van der Waals surface area (Å²) >= 11 is 0. The summed E-state index contributed by atoms with van der Waals surface area (Å²) in [5, 5.41) is 0. The highest BCUT2D eigenvalue weighted by Gasteiger charge is 2.17. The van der Waals surface area contributed by atoms with E-state index in [1.165, 1.54) is 0 Å². The minimum atomic E-state index is -3.35. The van der Waals surface area contributed by atoms with Gasteiger partial charge in [-0.05, 0) is 19.3 Å². The number of hydrogen-bond acceptors (Lipinski definition) is 9. The first kappa shape index (κ1) is 23.1. The number of ether oxygens (including phenoxy) is 2. The minimum absolute atomic E-state index is 0.232. The third-order valence-corrected chi connectivity index (χ3v) is 4.90. The predicted octanol–water partition coefficient (Wildman–Crippen LogP) is 2.52. The van der Waals surface area contributed by atoms with E-state index in [1.54, 1.807) is 7.11 Å². The Hall–Kier alpha value is -2.14. The third kappa shape index (κ3) is 7.32. The number of rotatable bonds is 14. The Morgan fingerprint density at radius 2 is 1.72 bits per heavy atom. The fourth-order valence-electron chi connectivity index (χ4n) is 2.82. The normalized spacial score (nSPS) is 11.8. The van der Waals surface area contributed by atoms with Gasteiger partial charge in [-0.25, -0.2) is 0 Å². The quantitative estimate of drug-likeness (QED) is 0.355. The van der Waals surface area contributed by atoms with Gasteiger partial charge in [-0.2, -0.15) is 23.4 Å². The molecule has 11 heteroatoms. The number of nitrogen functional groups attached to an aromatic ring is 1. The molecule has 0 atom stereocenters. The van der Waals surface area contributed by atoms with Gasteiger partial charge < -0.3 is 15.2 Å². The Morgan fingerprint density at radius 1 is 1.00 bits per heavy atom. The highest BCUT2D eigenvalue weighted by Crippen LogP contribution is 2.26. The SMILES string of the molecule is CCCCOc1nc(N)c2nc(OC)n(CCCCCCCOS(C)(=O)=O)c2n1. The second-order valence-electron chi connectivity index (χ2n) is 6.81. The number of fused-ring (bicyclic) bond motifs is 1. The van der Waals surface area contributed by atoms with Gasteiger partial charge in [-0.3, -0.25) is 8.75 Å². The molecule has 0 amide bonds. The van der Waals surface area contributed by atoms with Crippen LogP contribution in [0.25, 0.3) is 11.2 Å². The molecule has 0 aliphatic carbocycles. The van der Waals surface area contributed by atoms with Crippen molar-refractivity contribution in [1.82, 2.24) is 19.5 Å². The highest BCUT2D eigenvalue weighted by atomic mass is 32.2. The van der Waals surface area contributed by atoms with Crippen molar-refractivity contribution < 1.29 is 22.1 Å². The van der Waals surface area contributed by atoms with Gasteiger partial charge >= 0.3 is 6.01 Å². The molecule has 2 N–H and O–H groups in total. The molecule has 0 aliphatic heterocycles. The monoisotopic (exact) mass is 429 g/mol. The maximum absolute atomic E-state index is 10.9. The van der Waals surface area contributed by atoms with E-state index in [-0.39, 0.29) is 18.4 Å². The smallest absolute Gasteiger partial charge is 0.320 e. The summed E-state index contributed by atoms with van der Waals surface area (Å²) in [6.07, 6.45) is 7.46. The van der Waals surface area contributed by atoms with Crippen molar-refractivity contribution in [3.63, 3.8) is 0 Å². The lowest BCUT2D eigenvalue weighted by molar-refractivity contribution is 0.286. The molecule has 10 nitrogen and oxygen atoms in total. The second-order valence-corrected chi connectivity index (χ2v) is 8.45. The van der Waals surface area contributed by atoms with Gasteiger partial charge in [0, 0.05) is 6.54 Å². The van der Waals surface area contributed by atoms with E-state index in [0.29, 0.717) is 36.7 Å². The Labute approximate surface area is 171 Å². The van der Waals surface area contributed by atoms with Gasteiger partial charge in [0.25, 0.3) is 16.1 Å². The van der Waals surface area contributed by atoms with Crippen LogP contribution in [-0.2, 0) is 20.8 Å². The van der Waals surface area contributed by atoms with E-state index >= 15 is 0 Å². The van der Waals surface area contributed by atoms with Gasteiger partial charge in [0.1, 0.15) is 0 Å². The average molecular weight is 430 g/mol. The Morgan fingerprint density at radius 3 is 2.41 bits per heavy atom. The number of imidazole rings is 1. The predicted molar refractivity (Wildman–Crippen MR) is 111 cm³/mol. The standard InChI is InChI=1S/C18H31N5O5S/c1-4-5-12-27-17-21-15(19)14-16(22-17)23(18(20-14)26-2)11-9-7-6-8-10-13-28-29(3,24)25/h4-13H2,1-3H3,(H2,19,21,22). The molecule has 0 unspecified atom stereocenters. The molecular formula is C18H31N5O5S. The van der Waals surface area contributed by atoms with E-state index in [4.69, 9.17) is 19.4 Å². The lowest BCUT2D eigenvalue weighted by atomic mass is 10.1. The molecule has 0 radical (unpaired) electrons. The first-order valence-electron chi connectivity index (χ1n) is 9.90. The summed E-state index contributed by atoms with van der Waals surface area (Å²) in [5.74, 6) is 0.268. The van der Waals surface area contributed by atoms with E-state index in [9.17, 15) is 8.42 Å². The molecule has 0 aliphatic rings. The lowest BCUT2D eigenvalue weighted by Gasteiger charge is -2.08. The molecule has 0 saturated heterocycles. The number of aromatic nitrogens is 4. The van der Waals surface area contributed by atoms with Crippen LogP contribution in [0.4, 0.5) is 5.82 Å². The summed E-state index contributed by atoms with van der Waals surface area (Å²) in [7, 11) is -1.79. The van der Waals surface area contributed by atoms with Crippen molar-refractivity contribution >= 4 is 27.1 Å². The first-order chi connectivity index (χ1) is 13.9. The average Bonchev–Trinajstić information content (AvgIpc) is 3.01. The number of nitrogens with zero attached hydrogens (tertiary/aromatic N) is 4. The molecule has 2 heterocycles. The first-order valence-corrected chi connectivity index (χ1v) is 11.7.